The summed E-state index contributed by atoms with van der Waals surface area (Å²) in [7, 11) is 0. The lowest BCUT2D eigenvalue weighted by Gasteiger charge is -2.31. The first-order valence-corrected chi connectivity index (χ1v) is 9.78. The van der Waals surface area contributed by atoms with E-state index in [1.807, 2.05) is 36.4 Å². The minimum atomic E-state index is -1.02. The molecular formula is C22H26N2O4. The fourth-order valence-electron chi connectivity index (χ4n) is 4.24. The van der Waals surface area contributed by atoms with Crippen LogP contribution in [0, 0.1) is 11.3 Å². The maximum atomic E-state index is 12.9. The molecule has 3 unspecified atom stereocenters. The number of rotatable bonds is 5. The van der Waals surface area contributed by atoms with Crippen LogP contribution in [-0.2, 0) is 19.1 Å². The second kappa shape index (κ2) is 7.43. The van der Waals surface area contributed by atoms with E-state index in [4.69, 9.17) is 15.2 Å². The number of nitrogens with two attached hydrogens (primary N) is 1. The van der Waals surface area contributed by atoms with Gasteiger partial charge in [-0.25, -0.2) is 0 Å². The van der Waals surface area contributed by atoms with E-state index in [0.717, 1.165) is 24.2 Å². The van der Waals surface area contributed by atoms with Gasteiger partial charge in [0.05, 0.1) is 13.2 Å². The van der Waals surface area contributed by atoms with Crippen molar-refractivity contribution < 1.29 is 19.1 Å². The summed E-state index contributed by atoms with van der Waals surface area (Å²) in [5.74, 6) is 0.314. The molecule has 6 heteroatoms. The summed E-state index contributed by atoms with van der Waals surface area (Å²) in [5.41, 5.74) is 7.29. The SMILES string of the molecule is CC1(C(N)=O)CC(C(=O)NCC2CCOC2)=CC2=C1OCC2c1ccccc1. The second-order valence-corrected chi connectivity index (χ2v) is 8.04. The number of amides is 2. The predicted octanol–water partition coefficient (Wildman–Crippen LogP) is 2.03. The van der Waals surface area contributed by atoms with Gasteiger partial charge in [0.2, 0.25) is 11.8 Å². The minimum absolute atomic E-state index is 0.0128. The molecule has 3 atom stereocenters. The Kier molecular flexibility index (Phi) is 4.98. The molecule has 3 N–H and O–H groups in total. The molecule has 2 amide bonds. The van der Waals surface area contributed by atoms with Gasteiger partial charge in [0, 0.05) is 36.1 Å². The van der Waals surface area contributed by atoms with Crippen LogP contribution in [0.2, 0.25) is 0 Å². The summed E-state index contributed by atoms with van der Waals surface area (Å²) in [5, 5.41) is 3.00. The highest BCUT2D eigenvalue weighted by Gasteiger charge is 2.47. The Labute approximate surface area is 164 Å². The summed E-state index contributed by atoms with van der Waals surface area (Å²) in [6, 6.07) is 9.99. The first-order valence-electron chi connectivity index (χ1n) is 9.78. The van der Waals surface area contributed by atoms with E-state index in [9.17, 15) is 9.59 Å². The molecule has 4 rings (SSSR count). The van der Waals surface area contributed by atoms with Crippen molar-refractivity contribution in [1.29, 1.82) is 0 Å². The standard InChI is InChI=1S/C22H26N2O4/c1-22(21(23)26)10-16(20(25)24-11-14-7-8-27-12-14)9-17-18(13-28-19(17)22)15-5-3-2-4-6-15/h2-6,9,14,18H,7-8,10-13H2,1H3,(H2,23,26)(H,24,25). The highest BCUT2D eigenvalue weighted by atomic mass is 16.5. The van der Waals surface area contributed by atoms with Crippen molar-refractivity contribution in [3.05, 3.63) is 58.9 Å². The summed E-state index contributed by atoms with van der Waals surface area (Å²) in [6.07, 6.45) is 3.10. The first-order chi connectivity index (χ1) is 13.5. The maximum absolute atomic E-state index is 12.9. The number of hydrogen-bond acceptors (Lipinski definition) is 4. The fourth-order valence-corrected chi connectivity index (χ4v) is 4.24. The zero-order chi connectivity index (χ0) is 19.7. The highest BCUT2D eigenvalue weighted by molar-refractivity contribution is 5.97. The number of allylic oxidation sites excluding steroid dienone is 1. The van der Waals surface area contributed by atoms with Gasteiger partial charge in [0.15, 0.2) is 0 Å². The third-order valence-corrected chi connectivity index (χ3v) is 6.02. The Morgan fingerprint density at radius 1 is 1.25 bits per heavy atom. The van der Waals surface area contributed by atoms with E-state index in [-0.39, 0.29) is 18.2 Å². The van der Waals surface area contributed by atoms with Crippen LogP contribution in [0.3, 0.4) is 0 Å². The first kappa shape index (κ1) is 18.7. The van der Waals surface area contributed by atoms with Crippen molar-refractivity contribution in [2.45, 2.75) is 25.7 Å². The summed E-state index contributed by atoms with van der Waals surface area (Å²) in [4.78, 5) is 25.2. The summed E-state index contributed by atoms with van der Waals surface area (Å²) < 4.78 is 11.3. The van der Waals surface area contributed by atoms with Crippen molar-refractivity contribution in [3.8, 4) is 0 Å². The smallest absolute Gasteiger partial charge is 0.247 e. The van der Waals surface area contributed by atoms with Gasteiger partial charge in [-0.15, -0.1) is 0 Å². The molecule has 0 radical (unpaired) electrons. The molecule has 3 aliphatic rings. The lowest BCUT2D eigenvalue weighted by Crippen LogP contribution is -2.41. The van der Waals surface area contributed by atoms with Crippen LogP contribution >= 0.6 is 0 Å². The average molecular weight is 382 g/mol. The molecule has 0 aromatic heterocycles. The van der Waals surface area contributed by atoms with E-state index >= 15 is 0 Å². The van der Waals surface area contributed by atoms with E-state index in [1.165, 1.54) is 0 Å². The van der Waals surface area contributed by atoms with Crippen LogP contribution in [0.4, 0.5) is 0 Å². The zero-order valence-corrected chi connectivity index (χ0v) is 16.1. The average Bonchev–Trinajstić information content (AvgIpc) is 3.36. The van der Waals surface area contributed by atoms with Crippen molar-refractivity contribution in [1.82, 2.24) is 5.32 Å². The highest BCUT2D eigenvalue weighted by Crippen LogP contribution is 2.49. The zero-order valence-electron chi connectivity index (χ0n) is 16.1. The minimum Gasteiger partial charge on any atom is -0.495 e. The maximum Gasteiger partial charge on any atom is 0.247 e. The molecule has 28 heavy (non-hydrogen) atoms. The second-order valence-electron chi connectivity index (χ2n) is 8.04. The van der Waals surface area contributed by atoms with Crippen LogP contribution in [0.25, 0.3) is 0 Å². The topological polar surface area (TPSA) is 90.7 Å². The van der Waals surface area contributed by atoms with E-state index in [0.29, 0.717) is 37.0 Å². The number of hydrogen-bond donors (Lipinski definition) is 2. The third kappa shape index (κ3) is 3.33. The Morgan fingerprint density at radius 3 is 2.71 bits per heavy atom. The number of carbonyl (C=O) groups excluding carboxylic acids is 2. The summed E-state index contributed by atoms with van der Waals surface area (Å²) in [6.45, 7) is 4.21. The Morgan fingerprint density at radius 2 is 2.04 bits per heavy atom. The normalized spacial score (nSPS) is 29.1. The molecule has 1 saturated heterocycles. The van der Waals surface area contributed by atoms with Gasteiger partial charge in [-0.1, -0.05) is 30.3 Å². The van der Waals surface area contributed by atoms with Crippen molar-refractivity contribution >= 4 is 11.8 Å². The largest absolute Gasteiger partial charge is 0.495 e. The lowest BCUT2D eigenvalue weighted by atomic mass is 9.73. The molecule has 1 aliphatic carbocycles. The molecule has 148 valence electrons. The monoisotopic (exact) mass is 382 g/mol. The molecule has 6 nitrogen and oxygen atoms in total. The molecule has 2 heterocycles. The van der Waals surface area contributed by atoms with Gasteiger partial charge in [-0.2, -0.15) is 0 Å². The number of benzene rings is 1. The van der Waals surface area contributed by atoms with E-state index in [2.05, 4.69) is 5.32 Å². The van der Waals surface area contributed by atoms with E-state index < -0.39 is 11.3 Å². The molecule has 2 aliphatic heterocycles. The number of ether oxygens (including phenoxy) is 2. The third-order valence-electron chi connectivity index (χ3n) is 6.02. The fraction of sp³-hybridized carbons (Fsp3) is 0.455. The Bertz CT molecular complexity index is 839. The van der Waals surface area contributed by atoms with Gasteiger partial charge >= 0.3 is 0 Å². The van der Waals surface area contributed by atoms with Crippen LogP contribution in [0.5, 0.6) is 0 Å². The van der Waals surface area contributed by atoms with Gasteiger partial charge in [-0.05, 0) is 31.4 Å². The van der Waals surface area contributed by atoms with Gasteiger partial charge in [-0.3, -0.25) is 9.59 Å². The molecule has 1 aromatic carbocycles. The molecule has 1 aromatic rings. The number of primary amides is 1. The molecular weight excluding hydrogens is 356 g/mol. The van der Waals surface area contributed by atoms with Gasteiger partial charge < -0.3 is 20.5 Å². The van der Waals surface area contributed by atoms with Crippen molar-refractivity contribution in [3.63, 3.8) is 0 Å². The predicted molar refractivity (Wildman–Crippen MR) is 104 cm³/mol. The molecule has 0 spiro atoms. The molecule has 0 bridgehead atoms. The van der Waals surface area contributed by atoms with Crippen LogP contribution < -0.4 is 11.1 Å². The lowest BCUT2D eigenvalue weighted by molar-refractivity contribution is -0.127. The van der Waals surface area contributed by atoms with Crippen LogP contribution in [-0.4, -0.2) is 38.2 Å². The number of nitrogens with one attached hydrogen (secondary N) is 1. The van der Waals surface area contributed by atoms with E-state index in [1.54, 1.807) is 6.92 Å². The van der Waals surface area contributed by atoms with Crippen molar-refractivity contribution in [2.75, 3.05) is 26.4 Å². The van der Waals surface area contributed by atoms with Gasteiger partial charge in [0.1, 0.15) is 11.2 Å². The van der Waals surface area contributed by atoms with Crippen LogP contribution in [0.1, 0.15) is 31.2 Å². The quantitative estimate of drug-likeness (QED) is 0.815. The molecule has 1 fully saturated rings. The van der Waals surface area contributed by atoms with Crippen LogP contribution in [0.15, 0.2) is 53.3 Å². The Balaban J connectivity index is 1.62. The van der Waals surface area contributed by atoms with Gasteiger partial charge in [0.25, 0.3) is 0 Å². The molecule has 0 saturated carbocycles. The van der Waals surface area contributed by atoms with Crippen molar-refractivity contribution in [2.24, 2.45) is 17.1 Å². The number of carbonyl (C=O) groups is 2. The summed E-state index contributed by atoms with van der Waals surface area (Å²) >= 11 is 0. The Hall–Kier alpha value is -2.60.